The van der Waals surface area contributed by atoms with E-state index in [9.17, 15) is 13.6 Å². The van der Waals surface area contributed by atoms with Gasteiger partial charge in [-0.1, -0.05) is 6.07 Å². The van der Waals surface area contributed by atoms with Gasteiger partial charge in [-0.05, 0) is 36.4 Å². The lowest BCUT2D eigenvalue weighted by atomic mass is 10.1. The number of halogens is 2. The second kappa shape index (κ2) is 6.35. The first-order valence-corrected chi connectivity index (χ1v) is 7.41. The van der Waals surface area contributed by atoms with Gasteiger partial charge in [0.05, 0.1) is 0 Å². The lowest BCUT2D eigenvalue weighted by Crippen LogP contribution is -2.12. The summed E-state index contributed by atoms with van der Waals surface area (Å²) in [7, 11) is 3.77. The van der Waals surface area contributed by atoms with E-state index in [0.29, 0.717) is 5.56 Å². The molecule has 7 heteroatoms. The van der Waals surface area contributed by atoms with Crippen LogP contribution in [-0.2, 0) is 0 Å². The average Bonchev–Trinajstić information content (AvgIpc) is 3.00. The highest BCUT2D eigenvalue weighted by Crippen LogP contribution is 2.33. The Bertz CT molecular complexity index is 914. The fraction of sp³-hybridized carbons (Fsp3) is 0.111. The number of primary amides is 1. The molecular formula is C18H15F2N3O2. The number of anilines is 1. The Morgan fingerprint density at radius 2 is 1.68 bits per heavy atom. The molecule has 0 aliphatic rings. The minimum Gasteiger partial charge on any atom is -0.435 e. The summed E-state index contributed by atoms with van der Waals surface area (Å²) < 4.78 is 33.4. The van der Waals surface area contributed by atoms with E-state index in [1.165, 1.54) is 6.07 Å². The van der Waals surface area contributed by atoms with Crippen LogP contribution < -0.4 is 10.6 Å². The number of carbonyl (C=O) groups is 1. The van der Waals surface area contributed by atoms with Crippen molar-refractivity contribution < 1.29 is 18.0 Å². The van der Waals surface area contributed by atoms with Crippen molar-refractivity contribution in [3.8, 4) is 22.8 Å². The summed E-state index contributed by atoms with van der Waals surface area (Å²) in [5.41, 5.74) is 6.17. The van der Waals surface area contributed by atoms with Crippen molar-refractivity contribution in [1.82, 2.24) is 4.98 Å². The van der Waals surface area contributed by atoms with Gasteiger partial charge in [-0.15, -0.1) is 0 Å². The van der Waals surface area contributed by atoms with Gasteiger partial charge in [0.25, 0.3) is 5.91 Å². The smallest absolute Gasteiger partial charge is 0.271 e. The summed E-state index contributed by atoms with van der Waals surface area (Å²) >= 11 is 0. The Hall–Kier alpha value is -3.22. The van der Waals surface area contributed by atoms with Crippen molar-refractivity contribution in [3.05, 3.63) is 59.8 Å². The first-order valence-electron chi connectivity index (χ1n) is 7.41. The molecule has 0 spiro atoms. The topological polar surface area (TPSA) is 72.4 Å². The maximum atomic E-state index is 14.0. The zero-order chi connectivity index (χ0) is 18.1. The van der Waals surface area contributed by atoms with Crippen LogP contribution in [0.5, 0.6) is 0 Å². The number of carbonyl (C=O) groups excluding carboxylic acids is 1. The zero-order valence-electron chi connectivity index (χ0n) is 13.6. The van der Waals surface area contributed by atoms with Gasteiger partial charge in [0, 0.05) is 25.3 Å². The molecule has 128 valence electrons. The van der Waals surface area contributed by atoms with Gasteiger partial charge in [0.2, 0.25) is 5.89 Å². The Kier molecular flexibility index (Phi) is 4.22. The van der Waals surface area contributed by atoms with Crippen LogP contribution in [-0.4, -0.2) is 25.0 Å². The lowest BCUT2D eigenvalue weighted by molar-refractivity contribution is 0.0996. The van der Waals surface area contributed by atoms with E-state index in [2.05, 4.69) is 4.98 Å². The first-order chi connectivity index (χ1) is 11.9. The number of nitrogens with two attached hydrogens (primary N) is 1. The predicted octanol–water partition coefficient (Wildman–Crippen LogP) is 3.45. The molecule has 5 nitrogen and oxygen atoms in total. The van der Waals surface area contributed by atoms with E-state index in [4.69, 9.17) is 10.2 Å². The summed E-state index contributed by atoms with van der Waals surface area (Å²) in [6.45, 7) is 0. The second-order valence-corrected chi connectivity index (χ2v) is 5.60. The highest BCUT2D eigenvalue weighted by atomic mass is 19.1. The number of hydrogen-bond donors (Lipinski definition) is 1. The van der Waals surface area contributed by atoms with Crippen molar-refractivity contribution in [3.63, 3.8) is 0 Å². The van der Waals surface area contributed by atoms with E-state index in [1.807, 2.05) is 31.1 Å². The number of rotatable bonds is 4. The molecule has 0 radical (unpaired) electrons. The molecule has 0 unspecified atom stereocenters. The van der Waals surface area contributed by atoms with Crippen molar-refractivity contribution >= 4 is 11.6 Å². The maximum Gasteiger partial charge on any atom is 0.271 e. The fourth-order valence-corrected chi connectivity index (χ4v) is 2.40. The minimum atomic E-state index is -0.849. The quantitative estimate of drug-likeness (QED) is 0.787. The van der Waals surface area contributed by atoms with Gasteiger partial charge in [-0.3, -0.25) is 4.79 Å². The van der Waals surface area contributed by atoms with Crippen LogP contribution >= 0.6 is 0 Å². The van der Waals surface area contributed by atoms with Gasteiger partial charge in [-0.2, -0.15) is 0 Å². The summed E-state index contributed by atoms with van der Waals surface area (Å²) in [5.74, 6) is -2.80. The Morgan fingerprint density at radius 1 is 1.08 bits per heavy atom. The fourth-order valence-electron chi connectivity index (χ4n) is 2.40. The molecular weight excluding hydrogens is 328 g/mol. The van der Waals surface area contributed by atoms with Crippen LogP contribution in [0.15, 0.2) is 46.9 Å². The van der Waals surface area contributed by atoms with Crippen LogP contribution in [0.2, 0.25) is 0 Å². The van der Waals surface area contributed by atoms with Crippen molar-refractivity contribution in [2.45, 2.75) is 0 Å². The van der Waals surface area contributed by atoms with Gasteiger partial charge < -0.3 is 15.1 Å². The monoisotopic (exact) mass is 343 g/mol. The predicted molar refractivity (Wildman–Crippen MR) is 90.1 cm³/mol. The molecule has 0 bridgehead atoms. The largest absolute Gasteiger partial charge is 0.435 e. The molecule has 2 aromatic carbocycles. The standard InChI is InChI=1S/C18H15F2N3O2/c1-23(2)11-8-6-10(7-9-11)16-15(17(21)24)22-18(25-16)14-12(19)4-3-5-13(14)20/h3-9H,1-2H3,(H2,21,24). The highest BCUT2D eigenvalue weighted by molar-refractivity contribution is 5.97. The molecule has 0 saturated carbocycles. The third-order valence-corrected chi connectivity index (χ3v) is 3.68. The third-order valence-electron chi connectivity index (χ3n) is 3.68. The van der Waals surface area contributed by atoms with Crippen LogP contribution in [0.4, 0.5) is 14.5 Å². The van der Waals surface area contributed by atoms with E-state index < -0.39 is 23.1 Å². The van der Waals surface area contributed by atoms with Crippen molar-refractivity contribution in [2.24, 2.45) is 5.73 Å². The molecule has 3 aromatic rings. The van der Waals surface area contributed by atoms with E-state index in [-0.39, 0.29) is 17.3 Å². The van der Waals surface area contributed by atoms with Gasteiger partial charge in [0.15, 0.2) is 11.5 Å². The van der Waals surface area contributed by atoms with Crippen LogP contribution in [0, 0.1) is 11.6 Å². The minimum absolute atomic E-state index is 0.0652. The molecule has 0 fully saturated rings. The van der Waals surface area contributed by atoms with Gasteiger partial charge in [0.1, 0.15) is 17.2 Å². The molecule has 1 heterocycles. The van der Waals surface area contributed by atoms with Gasteiger partial charge >= 0.3 is 0 Å². The number of aromatic nitrogens is 1. The molecule has 0 aliphatic heterocycles. The maximum absolute atomic E-state index is 14.0. The first kappa shape index (κ1) is 16.6. The second-order valence-electron chi connectivity index (χ2n) is 5.60. The highest BCUT2D eigenvalue weighted by Gasteiger charge is 2.24. The molecule has 2 N–H and O–H groups in total. The molecule has 0 saturated heterocycles. The van der Waals surface area contributed by atoms with Crippen molar-refractivity contribution in [1.29, 1.82) is 0 Å². The molecule has 0 aliphatic carbocycles. The summed E-state index contributed by atoms with van der Waals surface area (Å²) in [4.78, 5) is 17.5. The summed E-state index contributed by atoms with van der Waals surface area (Å²) in [6.07, 6.45) is 0. The molecule has 3 rings (SSSR count). The Morgan fingerprint density at radius 3 is 2.20 bits per heavy atom. The van der Waals surface area contributed by atoms with Crippen LogP contribution in [0.25, 0.3) is 22.8 Å². The Balaban J connectivity index is 2.14. The normalized spacial score (nSPS) is 10.7. The lowest BCUT2D eigenvalue weighted by Gasteiger charge is -2.12. The van der Waals surface area contributed by atoms with E-state index in [1.54, 1.807) is 12.1 Å². The number of oxazole rings is 1. The number of nitrogens with zero attached hydrogens (tertiary/aromatic N) is 2. The van der Waals surface area contributed by atoms with Crippen LogP contribution in [0.3, 0.4) is 0 Å². The van der Waals surface area contributed by atoms with Crippen LogP contribution in [0.1, 0.15) is 10.5 Å². The number of amides is 1. The third kappa shape index (κ3) is 3.08. The van der Waals surface area contributed by atoms with E-state index >= 15 is 0 Å². The average molecular weight is 343 g/mol. The molecule has 0 atom stereocenters. The van der Waals surface area contributed by atoms with Crippen molar-refractivity contribution in [2.75, 3.05) is 19.0 Å². The molecule has 1 aromatic heterocycles. The summed E-state index contributed by atoms with van der Waals surface area (Å²) in [6, 6.07) is 10.4. The summed E-state index contributed by atoms with van der Waals surface area (Å²) in [5, 5.41) is 0. The zero-order valence-corrected chi connectivity index (χ0v) is 13.6. The SMILES string of the molecule is CN(C)c1ccc(-c2oc(-c3c(F)cccc3F)nc2C(N)=O)cc1. The molecule has 1 amide bonds. The number of hydrogen-bond acceptors (Lipinski definition) is 4. The molecule has 25 heavy (non-hydrogen) atoms. The van der Waals surface area contributed by atoms with E-state index in [0.717, 1.165) is 17.8 Å². The number of benzene rings is 2. The van der Waals surface area contributed by atoms with Gasteiger partial charge in [-0.25, -0.2) is 13.8 Å². The Labute approximate surface area is 142 Å².